The minimum atomic E-state index is -0.496. The van der Waals surface area contributed by atoms with E-state index in [1.54, 1.807) is 30.7 Å². The van der Waals surface area contributed by atoms with Crippen molar-refractivity contribution in [2.24, 2.45) is 0 Å². The van der Waals surface area contributed by atoms with Crippen LogP contribution in [0, 0.1) is 6.92 Å². The van der Waals surface area contributed by atoms with Gasteiger partial charge in [-0.1, -0.05) is 18.2 Å². The Labute approximate surface area is 171 Å². The molecule has 3 heterocycles. The molecule has 3 aromatic heterocycles. The number of aryl methyl sites for hydroxylation is 1. The molecule has 0 aliphatic heterocycles. The molecule has 0 saturated carbocycles. The van der Waals surface area contributed by atoms with Crippen molar-refractivity contribution in [3.8, 4) is 5.69 Å². The summed E-state index contributed by atoms with van der Waals surface area (Å²) >= 11 is 0. The SMILES string of the molecule is Cc1ccc2ncc(C(=O)Nc3ccc(-n4cnc5ccccc54)cc3)c(=O)n2c1. The maximum absolute atomic E-state index is 12.7. The number of carbonyl (C=O) groups is 1. The molecule has 0 bridgehead atoms. The number of nitrogens with zero attached hydrogens (tertiary/aromatic N) is 4. The van der Waals surface area contributed by atoms with Crippen molar-refractivity contribution in [2.75, 3.05) is 5.32 Å². The van der Waals surface area contributed by atoms with Crippen LogP contribution in [-0.2, 0) is 0 Å². The van der Waals surface area contributed by atoms with Gasteiger partial charge in [-0.15, -0.1) is 0 Å². The molecule has 5 rings (SSSR count). The zero-order chi connectivity index (χ0) is 20.7. The van der Waals surface area contributed by atoms with Crippen molar-refractivity contribution in [3.63, 3.8) is 0 Å². The van der Waals surface area contributed by atoms with Crippen LogP contribution in [0.4, 0.5) is 5.69 Å². The molecule has 0 aliphatic carbocycles. The lowest BCUT2D eigenvalue weighted by Gasteiger charge is -2.08. The number of anilines is 1. The third-order valence-electron chi connectivity index (χ3n) is 4.95. The number of pyridine rings is 1. The minimum Gasteiger partial charge on any atom is -0.322 e. The van der Waals surface area contributed by atoms with E-state index < -0.39 is 11.5 Å². The smallest absolute Gasteiger partial charge is 0.270 e. The zero-order valence-corrected chi connectivity index (χ0v) is 16.1. The zero-order valence-electron chi connectivity index (χ0n) is 16.1. The molecule has 0 atom stereocenters. The highest BCUT2D eigenvalue weighted by Gasteiger charge is 2.14. The number of fused-ring (bicyclic) bond motifs is 2. The second-order valence-electron chi connectivity index (χ2n) is 7.02. The van der Waals surface area contributed by atoms with Crippen LogP contribution in [-0.4, -0.2) is 24.8 Å². The Morgan fingerprint density at radius 1 is 0.967 bits per heavy atom. The summed E-state index contributed by atoms with van der Waals surface area (Å²) in [5.74, 6) is -0.496. The summed E-state index contributed by atoms with van der Waals surface area (Å²) in [7, 11) is 0. The van der Waals surface area contributed by atoms with Crippen LogP contribution in [0.5, 0.6) is 0 Å². The molecule has 0 saturated heterocycles. The van der Waals surface area contributed by atoms with E-state index >= 15 is 0 Å². The lowest BCUT2D eigenvalue weighted by Crippen LogP contribution is -2.26. The van der Waals surface area contributed by atoms with Crippen LogP contribution in [0.3, 0.4) is 0 Å². The van der Waals surface area contributed by atoms with E-state index in [1.807, 2.05) is 54.0 Å². The predicted molar refractivity (Wildman–Crippen MR) is 115 cm³/mol. The van der Waals surface area contributed by atoms with E-state index in [9.17, 15) is 9.59 Å². The highest BCUT2D eigenvalue weighted by atomic mass is 16.2. The molecular weight excluding hydrogens is 378 g/mol. The highest BCUT2D eigenvalue weighted by Crippen LogP contribution is 2.19. The van der Waals surface area contributed by atoms with Gasteiger partial charge in [0.2, 0.25) is 0 Å². The van der Waals surface area contributed by atoms with E-state index in [0.717, 1.165) is 22.3 Å². The third-order valence-corrected chi connectivity index (χ3v) is 4.95. The van der Waals surface area contributed by atoms with Crippen molar-refractivity contribution < 1.29 is 4.79 Å². The monoisotopic (exact) mass is 395 g/mol. The fourth-order valence-electron chi connectivity index (χ4n) is 3.41. The van der Waals surface area contributed by atoms with Crippen molar-refractivity contribution >= 4 is 28.3 Å². The van der Waals surface area contributed by atoms with Gasteiger partial charge in [0, 0.05) is 23.8 Å². The number of carbonyl (C=O) groups excluding carboxylic acids is 1. The first-order chi connectivity index (χ1) is 14.6. The number of hydrogen-bond acceptors (Lipinski definition) is 4. The molecular formula is C23H17N5O2. The van der Waals surface area contributed by atoms with Gasteiger partial charge in [0.15, 0.2) is 0 Å². The minimum absolute atomic E-state index is 0.0113. The van der Waals surface area contributed by atoms with E-state index in [-0.39, 0.29) is 5.56 Å². The maximum Gasteiger partial charge on any atom is 0.270 e. The van der Waals surface area contributed by atoms with Crippen molar-refractivity contribution in [1.29, 1.82) is 0 Å². The lowest BCUT2D eigenvalue weighted by molar-refractivity contribution is 0.102. The molecule has 146 valence electrons. The van der Waals surface area contributed by atoms with E-state index in [1.165, 1.54) is 10.6 Å². The Morgan fingerprint density at radius 2 is 1.77 bits per heavy atom. The van der Waals surface area contributed by atoms with Gasteiger partial charge in [0.25, 0.3) is 11.5 Å². The average molecular weight is 395 g/mol. The average Bonchev–Trinajstić information content (AvgIpc) is 3.19. The molecule has 5 aromatic rings. The number of aromatic nitrogens is 4. The molecule has 0 fully saturated rings. The fraction of sp³-hybridized carbons (Fsp3) is 0.0435. The summed E-state index contributed by atoms with van der Waals surface area (Å²) in [6, 6.07) is 18.8. The van der Waals surface area contributed by atoms with Gasteiger partial charge in [-0.05, 0) is 55.0 Å². The summed E-state index contributed by atoms with van der Waals surface area (Å²) in [5.41, 5.74) is 4.41. The largest absolute Gasteiger partial charge is 0.322 e. The van der Waals surface area contributed by atoms with E-state index in [0.29, 0.717) is 11.3 Å². The van der Waals surface area contributed by atoms with Crippen molar-refractivity contribution in [2.45, 2.75) is 6.92 Å². The van der Waals surface area contributed by atoms with Gasteiger partial charge < -0.3 is 5.32 Å². The molecule has 7 nitrogen and oxygen atoms in total. The summed E-state index contributed by atoms with van der Waals surface area (Å²) in [5, 5.41) is 2.77. The van der Waals surface area contributed by atoms with Crippen LogP contribution >= 0.6 is 0 Å². The quantitative estimate of drug-likeness (QED) is 0.506. The van der Waals surface area contributed by atoms with Gasteiger partial charge in [-0.3, -0.25) is 18.6 Å². The highest BCUT2D eigenvalue weighted by molar-refractivity contribution is 6.04. The summed E-state index contributed by atoms with van der Waals surface area (Å²) in [6.45, 7) is 1.88. The predicted octanol–water partition coefficient (Wildman–Crippen LogP) is 3.59. The fourth-order valence-corrected chi connectivity index (χ4v) is 3.41. The van der Waals surface area contributed by atoms with Crippen LogP contribution in [0.2, 0.25) is 0 Å². The van der Waals surface area contributed by atoms with Crippen LogP contribution < -0.4 is 10.9 Å². The number of nitrogens with one attached hydrogen (secondary N) is 1. The van der Waals surface area contributed by atoms with Crippen molar-refractivity contribution in [3.05, 3.63) is 101 Å². The first-order valence-corrected chi connectivity index (χ1v) is 9.42. The molecule has 30 heavy (non-hydrogen) atoms. The first kappa shape index (κ1) is 17.8. The van der Waals surface area contributed by atoms with Crippen LogP contribution in [0.1, 0.15) is 15.9 Å². The number of benzene rings is 2. The second kappa shape index (κ2) is 6.97. The second-order valence-corrected chi connectivity index (χ2v) is 7.02. The van der Waals surface area contributed by atoms with Gasteiger partial charge in [-0.25, -0.2) is 9.97 Å². The van der Waals surface area contributed by atoms with Gasteiger partial charge >= 0.3 is 0 Å². The third kappa shape index (κ3) is 3.02. The molecule has 0 aliphatic rings. The molecule has 2 aromatic carbocycles. The number of amides is 1. The number of imidazole rings is 1. The molecule has 0 spiro atoms. The summed E-state index contributed by atoms with van der Waals surface area (Å²) in [4.78, 5) is 34.0. The normalized spacial score (nSPS) is 11.1. The van der Waals surface area contributed by atoms with Gasteiger partial charge in [0.1, 0.15) is 17.5 Å². The first-order valence-electron chi connectivity index (χ1n) is 9.42. The topological polar surface area (TPSA) is 81.3 Å². The molecule has 0 unspecified atom stereocenters. The van der Waals surface area contributed by atoms with Crippen molar-refractivity contribution in [1.82, 2.24) is 18.9 Å². The van der Waals surface area contributed by atoms with Gasteiger partial charge in [-0.2, -0.15) is 0 Å². The number of para-hydroxylation sites is 2. The van der Waals surface area contributed by atoms with E-state index in [4.69, 9.17) is 0 Å². The lowest BCUT2D eigenvalue weighted by atomic mass is 10.2. The Hall–Kier alpha value is -4.26. The summed E-state index contributed by atoms with van der Waals surface area (Å²) < 4.78 is 3.36. The van der Waals surface area contributed by atoms with Gasteiger partial charge in [0.05, 0.1) is 11.0 Å². The Bertz CT molecular complexity index is 1470. The summed E-state index contributed by atoms with van der Waals surface area (Å²) in [6.07, 6.45) is 4.75. The van der Waals surface area contributed by atoms with Crippen LogP contribution in [0.25, 0.3) is 22.4 Å². The molecule has 1 N–H and O–H groups in total. The maximum atomic E-state index is 12.7. The Balaban J connectivity index is 1.42. The van der Waals surface area contributed by atoms with Crippen LogP contribution in [0.15, 0.2) is 84.2 Å². The van der Waals surface area contributed by atoms with E-state index in [2.05, 4.69) is 15.3 Å². The number of rotatable bonds is 3. The Morgan fingerprint density at radius 3 is 2.60 bits per heavy atom. The standard InChI is InChI=1S/C23H17N5O2/c1-15-6-11-21-24-12-18(23(30)27(21)13-15)22(29)26-16-7-9-17(10-8-16)28-14-25-19-4-2-3-5-20(19)28/h2-14H,1H3,(H,26,29). The number of hydrogen-bond donors (Lipinski definition) is 1. The Kier molecular flexibility index (Phi) is 4.14. The molecule has 7 heteroatoms. The molecule has 1 amide bonds. The molecule has 0 radical (unpaired) electrons.